The number of methoxy groups -OCH3 is 2. The molecule has 7 heteroatoms. The van der Waals surface area contributed by atoms with Crippen LogP contribution in [-0.2, 0) is 11.2 Å². The third kappa shape index (κ3) is 3.19. The predicted molar refractivity (Wildman–Crippen MR) is 74.7 cm³/mol. The van der Waals surface area contributed by atoms with Gasteiger partial charge in [-0.25, -0.2) is 5.10 Å². The van der Waals surface area contributed by atoms with Crippen molar-refractivity contribution in [3.8, 4) is 22.8 Å². The molecule has 0 amide bonds. The van der Waals surface area contributed by atoms with E-state index in [-0.39, 0.29) is 12.0 Å². The molecule has 0 saturated heterocycles. The second-order valence-corrected chi connectivity index (χ2v) is 4.25. The van der Waals surface area contributed by atoms with Crippen molar-refractivity contribution in [2.75, 3.05) is 14.2 Å². The van der Waals surface area contributed by atoms with Crippen LogP contribution in [0.25, 0.3) is 11.3 Å². The lowest BCUT2D eigenvalue weighted by atomic mass is 10.1. The van der Waals surface area contributed by atoms with E-state index in [0.29, 0.717) is 22.8 Å². The van der Waals surface area contributed by atoms with Gasteiger partial charge in [0.05, 0.1) is 26.3 Å². The lowest BCUT2D eigenvalue weighted by Crippen LogP contribution is -2.17. The van der Waals surface area contributed by atoms with Crippen molar-refractivity contribution in [1.82, 2.24) is 10.2 Å². The van der Waals surface area contributed by atoms with Crippen LogP contribution in [0.1, 0.15) is 5.56 Å². The number of nitrogens with zero attached hydrogens (tertiary/aromatic N) is 1. The molecule has 2 N–H and O–H groups in total. The number of carboxylic acids is 1. The van der Waals surface area contributed by atoms with Gasteiger partial charge in [0.25, 0.3) is 5.56 Å². The van der Waals surface area contributed by atoms with E-state index in [1.165, 1.54) is 20.3 Å². The number of hydrogen-bond acceptors (Lipinski definition) is 5. The Labute approximate surface area is 120 Å². The Kier molecular flexibility index (Phi) is 4.22. The summed E-state index contributed by atoms with van der Waals surface area (Å²) in [6, 6.07) is 6.60. The maximum atomic E-state index is 11.5. The third-order valence-corrected chi connectivity index (χ3v) is 2.90. The van der Waals surface area contributed by atoms with Crippen LogP contribution in [-0.4, -0.2) is 35.5 Å². The summed E-state index contributed by atoms with van der Waals surface area (Å²) < 4.78 is 10.3. The minimum atomic E-state index is -1.08. The van der Waals surface area contributed by atoms with Gasteiger partial charge in [-0.15, -0.1) is 0 Å². The first-order valence-electron chi connectivity index (χ1n) is 6.08. The highest BCUT2D eigenvalue weighted by Gasteiger charge is 2.11. The molecule has 0 saturated carbocycles. The van der Waals surface area contributed by atoms with Crippen molar-refractivity contribution >= 4 is 5.97 Å². The van der Waals surface area contributed by atoms with Crippen LogP contribution in [0.4, 0.5) is 0 Å². The van der Waals surface area contributed by atoms with Crippen LogP contribution in [0, 0.1) is 0 Å². The van der Waals surface area contributed by atoms with Gasteiger partial charge in [0.2, 0.25) is 0 Å². The molecule has 0 unspecified atom stereocenters. The van der Waals surface area contributed by atoms with Crippen LogP contribution in [0.5, 0.6) is 11.5 Å². The summed E-state index contributed by atoms with van der Waals surface area (Å²) in [7, 11) is 3.04. The van der Waals surface area contributed by atoms with Gasteiger partial charge in [-0.3, -0.25) is 9.59 Å². The number of aromatic amines is 1. The summed E-state index contributed by atoms with van der Waals surface area (Å²) in [5.41, 5.74) is 0.756. The Morgan fingerprint density at radius 2 is 1.95 bits per heavy atom. The van der Waals surface area contributed by atoms with E-state index >= 15 is 0 Å². The van der Waals surface area contributed by atoms with Crippen molar-refractivity contribution < 1.29 is 19.4 Å². The molecule has 1 heterocycles. The number of H-pyrrole nitrogens is 1. The molecule has 1 aromatic carbocycles. The fourth-order valence-corrected chi connectivity index (χ4v) is 1.88. The summed E-state index contributed by atoms with van der Waals surface area (Å²) in [6.07, 6.45) is -0.363. The highest BCUT2D eigenvalue weighted by atomic mass is 16.5. The zero-order valence-corrected chi connectivity index (χ0v) is 11.5. The molecule has 0 radical (unpaired) electrons. The minimum Gasteiger partial charge on any atom is -0.493 e. The number of aromatic nitrogens is 2. The molecule has 2 rings (SSSR count). The lowest BCUT2D eigenvalue weighted by Gasteiger charge is -2.09. The molecule has 0 aliphatic heterocycles. The topological polar surface area (TPSA) is 102 Å². The molecule has 2 aromatic rings. The first-order chi connectivity index (χ1) is 10.0. The van der Waals surface area contributed by atoms with Crippen molar-refractivity contribution in [3.63, 3.8) is 0 Å². The Hall–Kier alpha value is -2.83. The van der Waals surface area contributed by atoms with Gasteiger partial charge in [0, 0.05) is 11.1 Å². The molecular weight excluding hydrogens is 276 g/mol. The number of rotatable bonds is 5. The van der Waals surface area contributed by atoms with Gasteiger partial charge in [0.1, 0.15) is 0 Å². The zero-order valence-electron chi connectivity index (χ0n) is 11.5. The fraction of sp³-hybridized carbons (Fsp3) is 0.214. The lowest BCUT2D eigenvalue weighted by molar-refractivity contribution is -0.136. The summed E-state index contributed by atoms with van der Waals surface area (Å²) in [5.74, 6) is 0.00387. The fourth-order valence-electron chi connectivity index (χ4n) is 1.88. The van der Waals surface area contributed by atoms with Crippen LogP contribution in [0.15, 0.2) is 29.1 Å². The van der Waals surface area contributed by atoms with Crippen LogP contribution in [0.3, 0.4) is 0 Å². The van der Waals surface area contributed by atoms with Crippen LogP contribution in [0.2, 0.25) is 0 Å². The third-order valence-electron chi connectivity index (χ3n) is 2.90. The quantitative estimate of drug-likeness (QED) is 0.854. The van der Waals surface area contributed by atoms with E-state index in [0.717, 1.165) is 0 Å². The number of hydrogen-bond donors (Lipinski definition) is 2. The molecule has 110 valence electrons. The van der Waals surface area contributed by atoms with Crippen molar-refractivity contribution in [1.29, 1.82) is 0 Å². The van der Waals surface area contributed by atoms with Gasteiger partial charge in [0.15, 0.2) is 11.5 Å². The number of carboxylic acid groups (broad SMARTS) is 1. The first kappa shape index (κ1) is 14.6. The maximum absolute atomic E-state index is 11.5. The summed E-state index contributed by atoms with van der Waals surface area (Å²) >= 11 is 0. The summed E-state index contributed by atoms with van der Waals surface area (Å²) in [5, 5.41) is 15.0. The molecular formula is C14H14N2O5. The Morgan fingerprint density at radius 1 is 1.24 bits per heavy atom. The van der Waals surface area contributed by atoms with E-state index in [2.05, 4.69) is 10.2 Å². The highest BCUT2D eigenvalue weighted by Crippen LogP contribution is 2.31. The minimum absolute atomic E-state index is 0.141. The Bertz CT molecular complexity index is 724. The maximum Gasteiger partial charge on any atom is 0.308 e. The average molecular weight is 290 g/mol. The van der Waals surface area contributed by atoms with Gasteiger partial charge in [-0.05, 0) is 24.3 Å². The smallest absolute Gasteiger partial charge is 0.308 e. The number of ether oxygens (including phenoxy) is 2. The molecule has 21 heavy (non-hydrogen) atoms. The normalized spacial score (nSPS) is 10.2. The molecule has 0 spiro atoms. The molecule has 1 aromatic heterocycles. The number of aliphatic carboxylic acids is 1. The van der Waals surface area contributed by atoms with E-state index < -0.39 is 11.5 Å². The standard InChI is InChI=1S/C14H14N2O5/c1-20-11-4-3-8(6-12(11)21-2)10-5-9(7-13(17)18)14(19)16-15-10/h3-6H,7H2,1-2H3,(H,16,19)(H,17,18). The molecule has 0 aliphatic carbocycles. The van der Waals surface area contributed by atoms with E-state index in [1.807, 2.05) is 0 Å². The van der Waals surface area contributed by atoms with Gasteiger partial charge in [-0.2, -0.15) is 5.10 Å². The second kappa shape index (κ2) is 6.08. The largest absolute Gasteiger partial charge is 0.493 e. The molecule has 0 aliphatic rings. The monoisotopic (exact) mass is 290 g/mol. The second-order valence-electron chi connectivity index (χ2n) is 4.25. The first-order valence-corrected chi connectivity index (χ1v) is 6.08. The summed E-state index contributed by atoms with van der Waals surface area (Å²) in [4.78, 5) is 22.3. The van der Waals surface area contributed by atoms with Gasteiger partial charge in [-0.1, -0.05) is 0 Å². The van der Waals surface area contributed by atoms with Crippen molar-refractivity contribution in [2.24, 2.45) is 0 Å². The Morgan fingerprint density at radius 3 is 2.57 bits per heavy atom. The average Bonchev–Trinajstić information content (AvgIpc) is 2.48. The highest BCUT2D eigenvalue weighted by molar-refractivity contribution is 5.71. The Balaban J connectivity index is 2.47. The van der Waals surface area contributed by atoms with Crippen molar-refractivity contribution in [2.45, 2.75) is 6.42 Å². The molecule has 0 atom stereocenters. The number of nitrogens with one attached hydrogen (secondary N) is 1. The van der Waals surface area contributed by atoms with E-state index in [4.69, 9.17) is 14.6 Å². The van der Waals surface area contributed by atoms with Crippen LogP contribution >= 0.6 is 0 Å². The van der Waals surface area contributed by atoms with Gasteiger partial charge < -0.3 is 14.6 Å². The molecule has 0 fully saturated rings. The molecule has 0 bridgehead atoms. The van der Waals surface area contributed by atoms with E-state index in [1.54, 1.807) is 18.2 Å². The van der Waals surface area contributed by atoms with Crippen LogP contribution < -0.4 is 15.0 Å². The van der Waals surface area contributed by atoms with E-state index in [9.17, 15) is 9.59 Å². The zero-order chi connectivity index (χ0) is 15.4. The number of carbonyl (C=O) groups is 1. The SMILES string of the molecule is COc1ccc(-c2cc(CC(=O)O)c(=O)[nH]n2)cc1OC. The van der Waals surface area contributed by atoms with Crippen molar-refractivity contribution in [3.05, 3.63) is 40.2 Å². The number of benzene rings is 1. The molecule has 7 nitrogen and oxygen atoms in total. The summed E-state index contributed by atoms with van der Waals surface area (Å²) in [6.45, 7) is 0. The van der Waals surface area contributed by atoms with Gasteiger partial charge >= 0.3 is 5.97 Å². The predicted octanol–water partition coefficient (Wildman–Crippen LogP) is 1.08.